The fourth-order valence-electron chi connectivity index (χ4n) is 1.28. The highest BCUT2D eigenvalue weighted by Gasteiger charge is 2.06. The fourth-order valence-corrected chi connectivity index (χ4v) is 2.14. The van der Waals surface area contributed by atoms with Crippen molar-refractivity contribution in [3.8, 4) is 0 Å². The molecule has 0 amide bonds. The number of aromatic nitrogens is 5. The lowest BCUT2D eigenvalue weighted by Crippen LogP contribution is -2.16. The van der Waals surface area contributed by atoms with Crippen molar-refractivity contribution in [1.82, 2.24) is 30.5 Å². The Labute approximate surface area is 104 Å². The zero-order chi connectivity index (χ0) is 11.9. The smallest absolute Gasteiger partial charge is 0.209 e. The molecule has 2 heterocycles. The molecule has 0 unspecified atom stereocenters. The van der Waals surface area contributed by atoms with Crippen LogP contribution in [0.2, 0.25) is 0 Å². The van der Waals surface area contributed by atoms with Crippen LogP contribution in [0, 0.1) is 0 Å². The normalized spacial score (nSPS) is 10.6. The van der Waals surface area contributed by atoms with E-state index in [1.54, 1.807) is 24.2 Å². The van der Waals surface area contributed by atoms with Crippen molar-refractivity contribution in [3.05, 3.63) is 30.1 Å². The van der Waals surface area contributed by atoms with Crippen LogP contribution in [0.4, 0.5) is 0 Å². The monoisotopic (exact) mass is 250 g/mol. The maximum absolute atomic E-state index is 4.01. The van der Waals surface area contributed by atoms with Gasteiger partial charge in [-0.25, -0.2) is 4.68 Å². The molecule has 2 aromatic rings. The van der Waals surface area contributed by atoms with Crippen LogP contribution in [0.25, 0.3) is 0 Å². The van der Waals surface area contributed by atoms with Crippen LogP contribution in [0.5, 0.6) is 0 Å². The van der Waals surface area contributed by atoms with Crippen molar-refractivity contribution >= 4 is 11.8 Å². The molecule has 1 N–H and O–H groups in total. The molecule has 0 atom stereocenters. The number of pyridine rings is 1. The Morgan fingerprint density at radius 3 is 2.94 bits per heavy atom. The molecule has 0 aliphatic carbocycles. The highest BCUT2D eigenvalue weighted by molar-refractivity contribution is 7.98. The Hall–Kier alpha value is -1.47. The van der Waals surface area contributed by atoms with Crippen LogP contribution in [0.1, 0.15) is 5.56 Å². The van der Waals surface area contributed by atoms with Crippen molar-refractivity contribution in [3.63, 3.8) is 0 Å². The molecule has 0 saturated heterocycles. The van der Waals surface area contributed by atoms with Crippen molar-refractivity contribution in [1.29, 1.82) is 0 Å². The zero-order valence-corrected chi connectivity index (χ0v) is 10.4. The van der Waals surface area contributed by atoms with Crippen LogP contribution < -0.4 is 5.32 Å². The van der Waals surface area contributed by atoms with Crippen LogP contribution in [0.3, 0.4) is 0 Å². The fraction of sp³-hybridized carbons (Fsp3) is 0.400. The Morgan fingerprint density at radius 1 is 1.35 bits per heavy atom. The third kappa shape index (κ3) is 3.50. The summed E-state index contributed by atoms with van der Waals surface area (Å²) in [4.78, 5) is 3.99. The first kappa shape index (κ1) is 12.0. The Bertz CT molecular complexity index is 443. The van der Waals surface area contributed by atoms with Crippen molar-refractivity contribution < 1.29 is 0 Å². The predicted octanol–water partition coefficient (Wildman–Crippen LogP) is 0.580. The van der Waals surface area contributed by atoms with Gasteiger partial charge in [0.15, 0.2) is 0 Å². The molecule has 0 aromatic carbocycles. The second-order valence-electron chi connectivity index (χ2n) is 3.43. The second kappa shape index (κ2) is 6.31. The molecule has 0 saturated carbocycles. The summed E-state index contributed by atoms with van der Waals surface area (Å²) in [6.07, 6.45) is 3.58. The van der Waals surface area contributed by atoms with E-state index in [2.05, 4.69) is 25.8 Å². The molecule has 0 bridgehead atoms. The molecule has 90 valence electrons. The van der Waals surface area contributed by atoms with Gasteiger partial charge in [0, 0.05) is 24.7 Å². The topological polar surface area (TPSA) is 68.5 Å². The predicted molar refractivity (Wildman–Crippen MR) is 65.5 cm³/mol. The summed E-state index contributed by atoms with van der Waals surface area (Å²) in [7, 11) is 1.91. The first-order chi connectivity index (χ1) is 8.40. The average molecular weight is 250 g/mol. The summed E-state index contributed by atoms with van der Waals surface area (Å²) in [5.74, 6) is 0.850. The van der Waals surface area contributed by atoms with Crippen LogP contribution in [-0.2, 0) is 12.3 Å². The van der Waals surface area contributed by atoms with E-state index >= 15 is 0 Å². The van der Waals surface area contributed by atoms with Gasteiger partial charge in [-0.05, 0) is 35.2 Å². The number of nitrogens with one attached hydrogen (secondary N) is 1. The maximum atomic E-state index is 4.01. The van der Waals surface area contributed by atoms with Gasteiger partial charge in [-0.2, -0.15) is 0 Å². The number of thioether (sulfide) groups is 1. The minimum atomic E-state index is 0.780. The highest BCUT2D eigenvalue weighted by atomic mass is 32.2. The lowest BCUT2D eigenvalue weighted by Gasteiger charge is -2.03. The largest absolute Gasteiger partial charge is 0.318 e. The maximum Gasteiger partial charge on any atom is 0.209 e. The van der Waals surface area contributed by atoms with Gasteiger partial charge in [-0.3, -0.25) is 4.98 Å². The molecule has 0 aliphatic heterocycles. The summed E-state index contributed by atoms with van der Waals surface area (Å²) in [6, 6.07) is 3.99. The molecule has 0 radical (unpaired) electrons. The lowest BCUT2D eigenvalue weighted by molar-refractivity contribution is 0.530. The van der Waals surface area contributed by atoms with Gasteiger partial charge in [0.2, 0.25) is 5.16 Å². The second-order valence-corrected chi connectivity index (χ2v) is 4.37. The average Bonchev–Trinajstić information content (AvgIpc) is 2.82. The number of likely N-dealkylation sites (N-methyl/N-ethyl adjacent to an activating group) is 1. The molecule has 0 aliphatic rings. The number of tetrazole rings is 1. The Morgan fingerprint density at radius 2 is 2.18 bits per heavy atom. The highest BCUT2D eigenvalue weighted by Crippen LogP contribution is 2.18. The molecule has 0 fully saturated rings. The van der Waals surface area contributed by atoms with Crippen molar-refractivity contribution in [2.45, 2.75) is 17.5 Å². The lowest BCUT2D eigenvalue weighted by atomic mass is 10.3. The van der Waals surface area contributed by atoms with E-state index in [9.17, 15) is 0 Å². The van der Waals surface area contributed by atoms with Crippen LogP contribution in [0.15, 0.2) is 29.7 Å². The van der Waals surface area contributed by atoms with Gasteiger partial charge in [-0.1, -0.05) is 11.8 Å². The Kier molecular flexibility index (Phi) is 4.45. The molecular formula is C10H14N6S. The number of hydrogen-bond acceptors (Lipinski definition) is 6. The van der Waals surface area contributed by atoms with Crippen LogP contribution >= 0.6 is 11.8 Å². The van der Waals surface area contributed by atoms with Gasteiger partial charge in [0.25, 0.3) is 0 Å². The summed E-state index contributed by atoms with van der Waals surface area (Å²) < 4.78 is 1.81. The van der Waals surface area contributed by atoms with Gasteiger partial charge in [-0.15, -0.1) is 5.10 Å². The van der Waals surface area contributed by atoms with E-state index in [1.165, 1.54) is 5.56 Å². The summed E-state index contributed by atoms with van der Waals surface area (Å²) in [5.41, 5.74) is 1.22. The number of hydrogen-bond donors (Lipinski definition) is 1. The SMILES string of the molecule is CNCCn1nnnc1SCc1ccncc1. The van der Waals surface area contributed by atoms with E-state index in [1.807, 2.05) is 23.9 Å². The standard InChI is InChI=1S/C10H14N6S/c1-11-6-7-16-10(13-14-15-16)17-8-9-2-4-12-5-3-9/h2-5,11H,6-8H2,1H3. The molecule has 0 spiro atoms. The minimum absolute atomic E-state index is 0.780. The van der Waals surface area contributed by atoms with Crippen molar-refractivity contribution in [2.24, 2.45) is 0 Å². The molecule has 2 rings (SSSR count). The van der Waals surface area contributed by atoms with Crippen LogP contribution in [-0.4, -0.2) is 38.8 Å². The molecular weight excluding hydrogens is 236 g/mol. The first-order valence-electron chi connectivity index (χ1n) is 5.32. The first-order valence-corrected chi connectivity index (χ1v) is 6.31. The van der Waals surface area contributed by atoms with Gasteiger partial charge < -0.3 is 5.32 Å². The summed E-state index contributed by atoms with van der Waals surface area (Å²) in [5, 5.41) is 15.6. The van der Waals surface area contributed by atoms with E-state index in [-0.39, 0.29) is 0 Å². The molecule has 17 heavy (non-hydrogen) atoms. The van der Waals surface area contributed by atoms with E-state index in [0.29, 0.717) is 0 Å². The third-order valence-corrected chi connectivity index (χ3v) is 3.22. The van der Waals surface area contributed by atoms with Gasteiger partial charge >= 0.3 is 0 Å². The molecule has 6 nitrogen and oxygen atoms in total. The number of nitrogens with zero attached hydrogens (tertiary/aromatic N) is 5. The quantitative estimate of drug-likeness (QED) is 0.756. The van der Waals surface area contributed by atoms with Crippen molar-refractivity contribution in [2.75, 3.05) is 13.6 Å². The zero-order valence-electron chi connectivity index (χ0n) is 9.58. The van der Waals surface area contributed by atoms with Gasteiger partial charge in [0.1, 0.15) is 0 Å². The summed E-state index contributed by atoms with van der Waals surface area (Å²) in [6.45, 7) is 1.63. The molecule has 2 aromatic heterocycles. The van der Waals surface area contributed by atoms with E-state index in [0.717, 1.165) is 24.0 Å². The third-order valence-electron chi connectivity index (χ3n) is 2.19. The van der Waals surface area contributed by atoms with E-state index in [4.69, 9.17) is 0 Å². The summed E-state index contributed by atoms with van der Waals surface area (Å²) >= 11 is 1.63. The molecule has 7 heteroatoms. The Balaban J connectivity index is 1.92. The van der Waals surface area contributed by atoms with Gasteiger partial charge in [0.05, 0.1) is 6.54 Å². The number of rotatable bonds is 6. The van der Waals surface area contributed by atoms with E-state index < -0.39 is 0 Å². The minimum Gasteiger partial charge on any atom is -0.318 e.